The Hall–Kier alpha value is -2.25. The molecule has 1 aliphatic rings. The number of fused-ring (bicyclic) bond motifs is 1. The Kier molecular flexibility index (Phi) is 4.40. The van der Waals surface area contributed by atoms with Crippen LogP contribution in [0.5, 0.6) is 0 Å². The number of nitrogens with zero attached hydrogens (tertiary/aromatic N) is 4. The molecule has 1 atom stereocenters. The zero-order valence-corrected chi connectivity index (χ0v) is 12.9. The van der Waals surface area contributed by atoms with E-state index >= 15 is 0 Å². The van der Waals surface area contributed by atoms with Crippen molar-refractivity contribution in [3.05, 3.63) is 24.2 Å². The fourth-order valence-electron chi connectivity index (χ4n) is 2.98. The first-order chi connectivity index (χ1) is 11.0. The number of nitrogens with one attached hydrogen (secondary N) is 1. The van der Waals surface area contributed by atoms with E-state index in [1.807, 2.05) is 17.9 Å². The average Bonchev–Trinajstić information content (AvgIpc) is 2.92. The summed E-state index contributed by atoms with van der Waals surface area (Å²) in [5.74, 6) is 0.166. The number of alkyl halides is 2. The molecule has 0 radical (unpaired) electrons. The number of aromatic nitrogens is 3. The van der Waals surface area contributed by atoms with E-state index in [1.54, 1.807) is 16.9 Å². The monoisotopic (exact) mass is 323 g/mol. The molecule has 6 nitrogen and oxygen atoms in total. The Bertz CT molecular complexity index is 702. The lowest BCUT2D eigenvalue weighted by molar-refractivity contribution is -0.125. The number of carbonyl (C=O) groups is 1. The van der Waals surface area contributed by atoms with Gasteiger partial charge in [0.05, 0.1) is 18.2 Å². The van der Waals surface area contributed by atoms with Gasteiger partial charge in [-0.25, -0.2) is 18.3 Å². The smallest absolute Gasteiger partial charge is 0.255 e. The fraction of sp³-hybridized carbons (Fsp3) is 0.533. The van der Waals surface area contributed by atoms with E-state index in [4.69, 9.17) is 0 Å². The van der Waals surface area contributed by atoms with Crippen molar-refractivity contribution in [2.24, 2.45) is 5.92 Å². The molecule has 3 rings (SSSR count). The van der Waals surface area contributed by atoms with Crippen LogP contribution in [-0.4, -0.2) is 46.6 Å². The molecule has 0 saturated carbocycles. The highest BCUT2D eigenvalue weighted by Crippen LogP contribution is 2.25. The fourth-order valence-corrected chi connectivity index (χ4v) is 2.98. The SMILES string of the molecule is Cc1cc2c(N3CCCC(C(=O)NCC(F)F)C3)nccn2n1. The summed E-state index contributed by atoms with van der Waals surface area (Å²) in [6.45, 7) is 2.58. The van der Waals surface area contributed by atoms with Gasteiger partial charge >= 0.3 is 0 Å². The van der Waals surface area contributed by atoms with E-state index in [0.29, 0.717) is 13.0 Å². The van der Waals surface area contributed by atoms with Crippen molar-refractivity contribution in [3.8, 4) is 0 Å². The summed E-state index contributed by atoms with van der Waals surface area (Å²) in [5, 5.41) is 6.67. The summed E-state index contributed by atoms with van der Waals surface area (Å²) in [5.41, 5.74) is 1.78. The van der Waals surface area contributed by atoms with Crippen LogP contribution in [0.3, 0.4) is 0 Å². The number of amides is 1. The number of rotatable bonds is 4. The first kappa shape index (κ1) is 15.6. The van der Waals surface area contributed by atoms with Crippen LogP contribution in [0.4, 0.5) is 14.6 Å². The lowest BCUT2D eigenvalue weighted by Crippen LogP contribution is -2.44. The molecule has 0 spiro atoms. The molecular formula is C15H19F2N5O. The second-order valence-corrected chi connectivity index (χ2v) is 5.79. The molecule has 1 N–H and O–H groups in total. The Balaban J connectivity index is 1.76. The molecule has 2 aromatic heterocycles. The largest absolute Gasteiger partial charge is 0.354 e. The normalized spacial score (nSPS) is 18.6. The Morgan fingerprint density at radius 1 is 1.52 bits per heavy atom. The third-order valence-corrected chi connectivity index (χ3v) is 4.01. The van der Waals surface area contributed by atoms with Gasteiger partial charge in [0.25, 0.3) is 6.43 Å². The van der Waals surface area contributed by atoms with Crippen LogP contribution in [0.25, 0.3) is 5.52 Å². The lowest BCUT2D eigenvalue weighted by Gasteiger charge is -2.33. The molecule has 2 aromatic rings. The highest BCUT2D eigenvalue weighted by molar-refractivity contribution is 5.80. The van der Waals surface area contributed by atoms with Crippen LogP contribution < -0.4 is 10.2 Å². The van der Waals surface area contributed by atoms with Gasteiger partial charge in [-0.3, -0.25) is 4.79 Å². The minimum Gasteiger partial charge on any atom is -0.354 e. The predicted octanol–water partition coefficient (Wildman–Crippen LogP) is 1.64. The summed E-state index contributed by atoms with van der Waals surface area (Å²) in [7, 11) is 0. The summed E-state index contributed by atoms with van der Waals surface area (Å²) < 4.78 is 26.2. The maximum absolute atomic E-state index is 12.2. The predicted molar refractivity (Wildman–Crippen MR) is 81.7 cm³/mol. The standard InChI is InChI=1S/C15H19F2N5O/c1-10-7-12-14(18-4-6-22(12)20-10)21-5-2-3-11(9-21)15(23)19-8-13(16)17/h4,6-7,11,13H,2-3,5,8-9H2,1H3,(H,19,23). The molecule has 1 unspecified atom stereocenters. The minimum absolute atomic E-state index is 0.298. The molecule has 124 valence electrons. The third-order valence-electron chi connectivity index (χ3n) is 4.01. The van der Waals surface area contributed by atoms with Crippen molar-refractivity contribution in [1.82, 2.24) is 19.9 Å². The van der Waals surface area contributed by atoms with Crippen LogP contribution in [0.2, 0.25) is 0 Å². The quantitative estimate of drug-likeness (QED) is 0.929. The summed E-state index contributed by atoms with van der Waals surface area (Å²) in [6.07, 6.45) is 2.46. The summed E-state index contributed by atoms with van der Waals surface area (Å²) >= 11 is 0. The molecule has 23 heavy (non-hydrogen) atoms. The topological polar surface area (TPSA) is 62.5 Å². The van der Waals surface area contributed by atoms with E-state index in [2.05, 4.69) is 15.4 Å². The number of carbonyl (C=O) groups excluding carboxylic acids is 1. The Morgan fingerprint density at radius 2 is 2.35 bits per heavy atom. The Labute approximate surface area is 132 Å². The van der Waals surface area contributed by atoms with E-state index in [9.17, 15) is 13.6 Å². The van der Waals surface area contributed by atoms with Crippen LogP contribution in [0.15, 0.2) is 18.5 Å². The number of hydrogen-bond donors (Lipinski definition) is 1. The van der Waals surface area contributed by atoms with Gasteiger partial charge in [-0.1, -0.05) is 0 Å². The van der Waals surface area contributed by atoms with E-state index in [1.165, 1.54) is 0 Å². The Morgan fingerprint density at radius 3 is 3.13 bits per heavy atom. The first-order valence-electron chi connectivity index (χ1n) is 7.66. The maximum atomic E-state index is 12.2. The van der Waals surface area contributed by atoms with Gasteiger partial charge in [0, 0.05) is 25.5 Å². The second-order valence-electron chi connectivity index (χ2n) is 5.79. The van der Waals surface area contributed by atoms with Crippen LogP contribution in [0, 0.1) is 12.8 Å². The lowest BCUT2D eigenvalue weighted by atomic mass is 9.97. The van der Waals surface area contributed by atoms with Gasteiger partial charge in [-0.15, -0.1) is 0 Å². The molecule has 8 heteroatoms. The van der Waals surface area contributed by atoms with Crippen molar-refractivity contribution >= 4 is 17.2 Å². The number of anilines is 1. The molecule has 1 amide bonds. The second kappa shape index (κ2) is 6.47. The first-order valence-corrected chi connectivity index (χ1v) is 7.66. The van der Waals surface area contributed by atoms with Crippen molar-refractivity contribution in [1.29, 1.82) is 0 Å². The molecule has 0 aromatic carbocycles. The number of aryl methyl sites for hydroxylation is 1. The summed E-state index contributed by atoms with van der Waals surface area (Å²) in [6, 6.07) is 1.95. The molecule has 0 aliphatic carbocycles. The van der Waals surface area contributed by atoms with Crippen molar-refractivity contribution in [2.45, 2.75) is 26.2 Å². The molecule has 1 saturated heterocycles. The molecule has 1 aliphatic heterocycles. The van der Waals surface area contributed by atoms with Gasteiger partial charge < -0.3 is 10.2 Å². The molecular weight excluding hydrogens is 304 g/mol. The zero-order valence-electron chi connectivity index (χ0n) is 12.9. The number of hydrogen-bond acceptors (Lipinski definition) is 4. The number of halogens is 2. The van der Waals surface area contributed by atoms with Crippen molar-refractivity contribution in [2.75, 3.05) is 24.5 Å². The minimum atomic E-state index is -2.52. The van der Waals surface area contributed by atoms with Gasteiger partial charge in [0.1, 0.15) is 5.52 Å². The highest BCUT2D eigenvalue weighted by Gasteiger charge is 2.28. The van der Waals surface area contributed by atoms with Gasteiger partial charge in [-0.2, -0.15) is 5.10 Å². The van der Waals surface area contributed by atoms with Gasteiger partial charge in [0.2, 0.25) is 5.91 Å². The molecule has 0 bridgehead atoms. The van der Waals surface area contributed by atoms with Crippen LogP contribution in [0.1, 0.15) is 18.5 Å². The number of piperidine rings is 1. The third kappa shape index (κ3) is 3.40. The van der Waals surface area contributed by atoms with Crippen LogP contribution >= 0.6 is 0 Å². The molecule has 1 fully saturated rings. The average molecular weight is 323 g/mol. The van der Waals surface area contributed by atoms with E-state index in [-0.39, 0.29) is 11.8 Å². The van der Waals surface area contributed by atoms with Gasteiger partial charge in [-0.05, 0) is 25.8 Å². The van der Waals surface area contributed by atoms with E-state index < -0.39 is 13.0 Å². The maximum Gasteiger partial charge on any atom is 0.255 e. The zero-order chi connectivity index (χ0) is 16.4. The van der Waals surface area contributed by atoms with Crippen molar-refractivity contribution < 1.29 is 13.6 Å². The molecule has 3 heterocycles. The van der Waals surface area contributed by atoms with Gasteiger partial charge in [0.15, 0.2) is 5.82 Å². The van der Waals surface area contributed by atoms with E-state index in [0.717, 1.165) is 30.0 Å². The van der Waals surface area contributed by atoms with Crippen molar-refractivity contribution in [3.63, 3.8) is 0 Å². The highest BCUT2D eigenvalue weighted by atomic mass is 19.3. The summed E-state index contributed by atoms with van der Waals surface area (Å²) in [4.78, 5) is 18.5. The van der Waals surface area contributed by atoms with Crippen LogP contribution in [-0.2, 0) is 4.79 Å².